The van der Waals surface area contributed by atoms with E-state index in [0.29, 0.717) is 6.42 Å². The SMILES string of the molecule is CCCCCCCCCCCCCCCCCC(CCCCCCCCCCCCCCCCC)NC(=O)CNC(=O)CNC(=O)[C@H](CCCN(CCCNC(=O)OC(C)(C)C)C(=O)OC(C)(C)C)N(CCCNC(=O)OC(C)(C)C)C(=O)OC(C)(C)C. The molecule has 0 bridgehead atoms. The fourth-order valence-electron chi connectivity index (χ4n) is 10.4. The summed E-state index contributed by atoms with van der Waals surface area (Å²) in [6.07, 6.45) is 38.8. The van der Waals surface area contributed by atoms with Crippen molar-refractivity contribution in [2.45, 2.75) is 363 Å². The maximum absolute atomic E-state index is 14.4. The van der Waals surface area contributed by atoms with Crippen LogP contribution in [0.15, 0.2) is 0 Å². The van der Waals surface area contributed by atoms with Gasteiger partial charge in [-0.15, -0.1) is 0 Å². The molecular formula is C70H135N7O11. The summed E-state index contributed by atoms with van der Waals surface area (Å²) < 4.78 is 22.3. The molecule has 1 atom stereocenters. The highest BCUT2D eigenvalue weighted by Crippen LogP contribution is 2.21. The lowest BCUT2D eigenvalue weighted by atomic mass is 9.99. The van der Waals surface area contributed by atoms with Gasteiger partial charge in [-0.25, -0.2) is 19.2 Å². The number of nitrogens with zero attached hydrogens (tertiary/aromatic N) is 2. The van der Waals surface area contributed by atoms with E-state index in [1.54, 1.807) is 83.1 Å². The molecule has 0 rings (SSSR count). The lowest BCUT2D eigenvalue weighted by Gasteiger charge is -2.33. The second kappa shape index (κ2) is 50.2. The van der Waals surface area contributed by atoms with Gasteiger partial charge in [0.15, 0.2) is 0 Å². The summed E-state index contributed by atoms with van der Waals surface area (Å²) in [5.74, 6) is -1.51. The van der Waals surface area contributed by atoms with Crippen LogP contribution in [0, 0.1) is 0 Å². The van der Waals surface area contributed by atoms with E-state index in [1.807, 2.05) is 0 Å². The summed E-state index contributed by atoms with van der Waals surface area (Å²) in [5.41, 5.74) is -3.17. The topological polar surface area (TPSA) is 223 Å². The number of nitrogens with one attached hydrogen (secondary N) is 5. The maximum Gasteiger partial charge on any atom is 0.410 e. The van der Waals surface area contributed by atoms with Crippen LogP contribution in [0.5, 0.6) is 0 Å². The minimum absolute atomic E-state index is 0.00660. The van der Waals surface area contributed by atoms with Gasteiger partial charge in [0, 0.05) is 38.8 Å². The van der Waals surface area contributed by atoms with E-state index in [-0.39, 0.29) is 70.5 Å². The summed E-state index contributed by atoms with van der Waals surface area (Å²) in [6.45, 7) is 25.4. The molecule has 5 N–H and O–H groups in total. The Labute approximate surface area is 537 Å². The van der Waals surface area contributed by atoms with Gasteiger partial charge in [0.05, 0.1) is 13.1 Å². The first-order valence-electron chi connectivity index (χ1n) is 35.3. The van der Waals surface area contributed by atoms with Crippen molar-refractivity contribution in [1.82, 2.24) is 36.4 Å². The Morgan fingerprint density at radius 1 is 0.341 bits per heavy atom. The molecule has 0 aliphatic heterocycles. The number of hydrogen-bond acceptors (Lipinski definition) is 11. The Kier molecular flexibility index (Phi) is 47.6. The van der Waals surface area contributed by atoms with Gasteiger partial charge < -0.3 is 50.4 Å². The third-order valence-corrected chi connectivity index (χ3v) is 14.9. The molecule has 0 unspecified atom stereocenters. The summed E-state index contributed by atoms with van der Waals surface area (Å²) in [7, 11) is 0. The first kappa shape index (κ1) is 83.5. The van der Waals surface area contributed by atoms with Crippen LogP contribution in [0.1, 0.15) is 328 Å². The maximum atomic E-state index is 14.4. The first-order chi connectivity index (χ1) is 41.6. The van der Waals surface area contributed by atoms with E-state index in [1.165, 1.54) is 177 Å². The van der Waals surface area contributed by atoms with Crippen LogP contribution in [0.2, 0.25) is 0 Å². The number of hydrogen-bond donors (Lipinski definition) is 5. The average molecular weight is 1250 g/mol. The van der Waals surface area contributed by atoms with Crippen molar-refractivity contribution in [3.8, 4) is 0 Å². The number of carbonyl (C=O) groups is 7. The quantitative estimate of drug-likeness (QED) is 0.0285. The number of unbranched alkanes of at least 4 members (excludes halogenated alkanes) is 28. The smallest absolute Gasteiger partial charge is 0.410 e. The Morgan fingerprint density at radius 2 is 0.670 bits per heavy atom. The molecule has 0 saturated carbocycles. The second-order valence-corrected chi connectivity index (χ2v) is 28.6. The van der Waals surface area contributed by atoms with Gasteiger partial charge in [-0.3, -0.25) is 19.3 Å². The molecule has 88 heavy (non-hydrogen) atoms. The Bertz CT molecular complexity index is 1810. The van der Waals surface area contributed by atoms with Crippen molar-refractivity contribution in [2.24, 2.45) is 0 Å². The molecule has 0 heterocycles. The fraction of sp³-hybridized carbons (Fsp3) is 0.900. The van der Waals surface area contributed by atoms with Gasteiger partial charge in [-0.05, 0) is 122 Å². The summed E-state index contributed by atoms with van der Waals surface area (Å²) in [4.78, 5) is 96.7. The number of rotatable bonds is 51. The molecule has 18 nitrogen and oxygen atoms in total. The van der Waals surface area contributed by atoms with Crippen molar-refractivity contribution in [1.29, 1.82) is 0 Å². The van der Waals surface area contributed by atoms with Gasteiger partial charge in [0.25, 0.3) is 0 Å². The first-order valence-corrected chi connectivity index (χ1v) is 35.3. The van der Waals surface area contributed by atoms with E-state index >= 15 is 0 Å². The van der Waals surface area contributed by atoms with Crippen LogP contribution in [-0.4, -0.2) is 132 Å². The lowest BCUT2D eigenvalue weighted by Crippen LogP contribution is -2.53. The fourth-order valence-corrected chi connectivity index (χ4v) is 10.4. The minimum Gasteiger partial charge on any atom is -0.444 e. The third kappa shape index (κ3) is 53.3. The van der Waals surface area contributed by atoms with Crippen molar-refractivity contribution >= 4 is 42.1 Å². The normalized spacial score (nSPS) is 12.3. The monoisotopic (exact) mass is 1250 g/mol. The van der Waals surface area contributed by atoms with Crippen LogP contribution < -0.4 is 26.6 Å². The van der Waals surface area contributed by atoms with E-state index in [2.05, 4.69) is 40.4 Å². The molecule has 7 amide bonds. The predicted molar refractivity (Wildman–Crippen MR) is 359 cm³/mol. The second-order valence-electron chi connectivity index (χ2n) is 28.6. The van der Waals surface area contributed by atoms with Gasteiger partial charge in [0.2, 0.25) is 17.7 Å². The summed E-state index contributed by atoms with van der Waals surface area (Å²) in [5, 5.41) is 14.0. The minimum atomic E-state index is -1.19. The number of amides is 7. The van der Waals surface area contributed by atoms with Crippen molar-refractivity contribution < 1.29 is 52.5 Å². The van der Waals surface area contributed by atoms with E-state index in [9.17, 15) is 33.6 Å². The summed E-state index contributed by atoms with van der Waals surface area (Å²) in [6, 6.07) is -1.19. The lowest BCUT2D eigenvalue weighted by molar-refractivity contribution is -0.130. The van der Waals surface area contributed by atoms with Crippen LogP contribution in [-0.2, 0) is 33.3 Å². The van der Waals surface area contributed by atoms with Crippen LogP contribution in [0.25, 0.3) is 0 Å². The van der Waals surface area contributed by atoms with E-state index in [0.717, 1.165) is 38.5 Å². The molecule has 0 saturated heterocycles. The molecule has 0 aliphatic carbocycles. The third-order valence-electron chi connectivity index (χ3n) is 14.9. The molecule has 0 aromatic rings. The van der Waals surface area contributed by atoms with Crippen LogP contribution in [0.3, 0.4) is 0 Å². The van der Waals surface area contributed by atoms with Crippen molar-refractivity contribution in [3.05, 3.63) is 0 Å². The number of carbonyl (C=O) groups excluding carboxylic acids is 7. The molecule has 0 fully saturated rings. The Morgan fingerprint density at radius 3 is 1.05 bits per heavy atom. The Hall–Kier alpha value is -4.51. The highest BCUT2D eigenvalue weighted by molar-refractivity contribution is 5.91. The highest BCUT2D eigenvalue weighted by atomic mass is 16.6. The van der Waals surface area contributed by atoms with Gasteiger partial charge in [0.1, 0.15) is 28.4 Å². The Balaban J connectivity index is 5.98. The molecular weight excluding hydrogens is 1110 g/mol. The predicted octanol–water partition coefficient (Wildman–Crippen LogP) is 16.7. The average Bonchev–Trinajstić information content (AvgIpc) is 3.60. The standard InChI is InChI=1S/C70H135N7O11/c1-15-17-19-21-23-25-27-29-31-33-35-37-39-41-43-48-58(49-44-42-40-38-36-34-32-30-28-26-24-22-20-18-16-2)75-61(79)57-73-60(78)56-74-62(80)59(77(66(84)88-70(12,13)14)55-47-52-72-64(82)86-68(6,7)8)50-45-53-76(65(83)87-69(9,10)11)54-46-51-71-63(81)85-67(3,4)5/h58-59H,15-57H2,1-14H3,(H,71,81)(H,72,82)(H,73,78)(H,74,80)(H,75,79)/t59-/m0/s1. The van der Waals surface area contributed by atoms with Gasteiger partial charge in [-0.1, -0.05) is 206 Å². The zero-order valence-corrected chi connectivity index (χ0v) is 58.9. The molecule has 0 aromatic carbocycles. The molecule has 0 aromatic heterocycles. The van der Waals surface area contributed by atoms with Gasteiger partial charge in [-0.2, -0.15) is 0 Å². The molecule has 0 radical (unpaired) electrons. The van der Waals surface area contributed by atoms with Crippen LogP contribution in [0.4, 0.5) is 19.2 Å². The van der Waals surface area contributed by atoms with Crippen molar-refractivity contribution in [3.63, 3.8) is 0 Å². The molecule has 0 spiro atoms. The highest BCUT2D eigenvalue weighted by Gasteiger charge is 2.34. The van der Waals surface area contributed by atoms with E-state index < -0.39 is 71.2 Å². The number of alkyl carbamates (subject to hydrolysis) is 2. The molecule has 0 aliphatic rings. The summed E-state index contributed by atoms with van der Waals surface area (Å²) >= 11 is 0. The van der Waals surface area contributed by atoms with Crippen molar-refractivity contribution in [2.75, 3.05) is 45.8 Å². The molecule has 516 valence electrons. The zero-order valence-electron chi connectivity index (χ0n) is 58.9. The number of ether oxygens (including phenoxy) is 4. The molecule has 18 heteroatoms. The largest absolute Gasteiger partial charge is 0.444 e. The van der Waals surface area contributed by atoms with Gasteiger partial charge >= 0.3 is 24.4 Å². The zero-order chi connectivity index (χ0) is 66.1. The van der Waals surface area contributed by atoms with Crippen LogP contribution >= 0.6 is 0 Å². The van der Waals surface area contributed by atoms with E-state index in [4.69, 9.17) is 18.9 Å².